The monoisotopic (exact) mass is 263 g/mol. The van der Waals surface area contributed by atoms with Gasteiger partial charge < -0.3 is 19.8 Å². The van der Waals surface area contributed by atoms with E-state index >= 15 is 0 Å². The first-order valence-electron chi connectivity index (χ1n) is 6.47. The fourth-order valence-corrected chi connectivity index (χ4v) is 3.17. The second-order valence-electron chi connectivity index (χ2n) is 5.19. The number of carbonyl (C=O) groups is 1. The Kier molecular flexibility index (Phi) is 2.76. The van der Waals surface area contributed by atoms with Crippen molar-refractivity contribution in [3.63, 3.8) is 0 Å². The number of hydrogen-bond acceptors (Lipinski definition) is 4. The number of hydrogen-bond donors (Lipinski definition) is 2. The number of nitrogens with zero attached hydrogens (tertiary/aromatic N) is 1. The summed E-state index contributed by atoms with van der Waals surface area (Å²) >= 11 is 0. The maximum absolute atomic E-state index is 12.3. The van der Waals surface area contributed by atoms with Gasteiger partial charge in [0.1, 0.15) is 5.75 Å². The van der Waals surface area contributed by atoms with Gasteiger partial charge in [0.05, 0.1) is 19.1 Å². The van der Waals surface area contributed by atoms with E-state index in [0.29, 0.717) is 24.3 Å². The Morgan fingerprint density at radius 3 is 2.53 bits per heavy atom. The minimum absolute atomic E-state index is 0.197. The van der Waals surface area contributed by atoms with Crippen molar-refractivity contribution in [2.45, 2.75) is 31.1 Å². The Morgan fingerprint density at radius 2 is 1.95 bits per heavy atom. The molecule has 1 aromatic rings. The molecule has 5 heteroatoms. The summed E-state index contributed by atoms with van der Waals surface area (Å²) in [5.74, 6) is -2.10. The molecule has 0 aromatic heterocycles. The fraction of sp³-hybridized carbons (Fsp3) is 0.500. The third-order valence-electron chi connectivity index (χ3n) is 4.17. The molecular weight excluding hydrogens is 246 g/mol. The van der Waals surface area contributed by atoms with E-state index in [0.717, 1.165) is 6.42 Å². The van der Waals surface area contributed by atoms with Crippen molar-refractivity contribution in [1.82, 2.24) is 0 Å². The van der Waals surface area contributed by atoms with Crippen LogP contribution in [0.15, 0.2) is 24.3 Å². The molecule has 2 N–H and O–H groups in total. The Hall–Kier alpha value is -1.59. The van der Waals surface area contributed by atoms with Gasteiger partial charge >= 0.3 is 0 Å². The van der Waals surface area contributed by atoms with Crippen LogP contribution in [0.3, 0.4) is 0 Å². The quantitative estimate of drug-likeness (QED) is 0.777. The highest BCUT2D eigenvalue weighted by Gasteiger charge is 2.59. The summed E-state index contributed by atoms with van der Waals surface area (Å²) in [5, 5.41) is 20.3. The van der Waals surface area contributed by atoms with Crippen LogP contribution in [0.2, 0.25) is 0 Å². The number of rotatable bonds is 2. The summed E-state index contributed by atoms with van der Waals surface area (Å²) in [6.07, 6.45) is 1.99. The van der Waals surface area contributed by atoms with Crippen LogP contribution < -0.4 is 9.64 Å². The van der Waals surface area contributed by atoms with Gasteiger partial charge in [0.2, 0.25) is 5.91 Å². The molecule has 1 aliphatic carbocycles. The van der Waals surface area contributed by atoms with Gasteiger partial charge in [-0.25, -0.2) is 0 Å². The molecule has 2 fully saturated rings. The van der Waals surface area contributed by atoms with Gasteiger partial charge in [-0.2, -0.15) is 0 Å². The smallest absolute Gasteiger partial charge is 0.236 e. The van der Waals surface area contributed by atoms with E-state index in [1.54, 1.807) is 31.4 Å². The second kappa shape index (κ2) is 4.21. The number of amides is 1. The van der Waals surface area contributed by atoms with E-state index in [9.17, 15) is 15.0 Å². The van der Waals surface area contributed by atoms with Crippen LogP contribution in [0.25, 0.3) is 0 Å². The molecule has 19 heavy (non-hydrogen) atoms. The molecular formula is C14H17NO4. The summed E-state index contributed by atoms with van der Waals surface area (Å²) in [5.41, 5.74) is 0.688. The van der Waals surface area contributed by atoms with Gasteiger partial charge in [-0.3, -0.25) is 4.79 Å². The van der Waals surface area contributed by atoms with Crippen LogP contribution in [0.5, 0.6) is 5.75 Å². The fourth-order valence-electron chi connectivity index (χ4n) is 3.17. The summed E-state index contributed by atoms with van der Waals surface area (Å²) in [4.78, 5) is 13.9. The summed E-state index contributed by atoms with van der Waals surface area (Å²) in [6, 6.07) is 6.52. The first kappa shape index (κ1) is 12.4. The standard InChI is InChI=1S/C14H17NO4/c1-19-10-7-5-9(6-8-10)15-12-4-2-3-11(13(15)16)14(12,17)18/h5-8,11-12,17-18H,2-4H2,1H3/t11-,12-/m1/s1. The van der Waals surface area contributed by atoms with Crippen LogP contribution >= 0.6 is 0 Å². The van der Waals surface area contributed by atoms with Crippen molar-refractivity contribution in [3.8, 4) is 5.75 Å². The lowest BCUT2D eigenvalue weighted by atomic mass is 9.84. The summed E-state index contributed by atoms with van der Waals surface area (Å²) < 4.78 is 5.08. The highest BCUT2D eigenvalue weighted by atomic mass is 16.5. The zero-order chi connectivity index (χ0) is 13.6. The second-order valence-corrected chi connectivity index (χ2v) is 5.19. The van der Waals surface area contributed by atoms with Gasteiger partial charge in [-0.15, -0.1) is 0 Å². The van der Waals surface area contributed by atoms with E-state index in [1.165, 1.54) is 4.90 Å². The Bertz CT molecular complexity index is 497. The molecule has 0 radical (unpaired) electrons. The Morgan fingerprint density at radius 1 is 1.26 bits per heavy atom. The molecule has 2 aliphatic rings. The average Bonchev–Trinajstić information content (AvgIpc) is 2.55. The number of fused-ring (bicyclic) bond motifs is 2. The molecule has 1 aliphatic heterocycles. The van der Waals surface area contributed by atoms with E-state index in [2.05, 4.69) is 0 Å². The average molecular weight is 263 g/mol. The Balaban J connectivity index is 1.98. The third kappa shape index (κ3) is 1.73. The van der Waals surface area contributed by atoms with Crippen LogP contribution in [0.4, 0.5) is 5.69 Å². The van der Waals surface area contributed by atoms with Crippen LogP contribution in [0.1, 0.15) is 19.3 Å². The van der Waals surface area contributed by atoms with Crippen molar-refractivity contribution < 1.29 is 19.7 Å². The summed E-state index contributed by atoms with van der Waals surface area (Å²) in [7, 11) is 1.58. The molecule has 3 rings (SSSR count). The normalized spacial score (nSPS) is 28.6. The molecule has 1 amide bonds. The first-order valence-corrected chi connectivity index (χ1v) is 6.47. The molecule has 0 unspecified atom stereocenters. The predicted molar refractivity (Wildman–Crippen MR) is 68.8 cm³/mol. The largest absolute Gasteiger partial charge is 0.497 e. The predicted octanol–water partition coefficient (Wildman–Crippen LogP) is 0.891. The number of aliphatic hydroxyl groups is 2. The first-order chi connectivity index (χ1) is 9.05. The van der Waals surface area contributed by atoms with Gasteiger partial charge in [0.25, 0.3) is 0 Å². The number of anilines is 1. The molecule has 5 nitrogen and oxygen atoms in total. The zero-order valence-corrected chi connectivity index (χ0v) is 10.7. The number of ether oxygens (including phenoxy) is 1. The van der Waals surface area contributed by atoms with E-state index < -0.39 is 17.7 Å². The van der Waals surface area contributed by atoms with Crippen molar-refractivity contribution in [3.05, 3.63) is 24.3 Å². The van der Waals surface area contributed by atoms with Gasteiger partial charge in [0.15, 0.2) is 5.79 Å². The van der Waals surface area contributed by atoms with Gasteiger partial charge in [0, 0.05) is 5.69 Å². The molecule has 1 saturated carbocycles. The van der Waals surface area contributed by atoms with Crippen molar-refractivity contribution in [1.29, 1.82) is 0 Å². The van der Waals surface area contributed by atoms with E-state index in [4.69, 9.17) is 4.74 Å². The van der Waals surface area contributed by atoms with Gasteiger partial charge in [-0.1, -0.05) is 6.42 Å². The number of carbonyl (C=O) groups excluding carboxylic acids is 1. The molecule has 2 atom stereocenters. The molecule has 2 bridgehead atoms. The topological polar surface area (TPSA) is 70.0 Å². The molecule has 102 valence electrons. The highest BCUT2D eigenvalue weighted by molar-refractivity contribution is 5.99. The lowest BCUT2D eigenvalue weighted by Gasteiger charge is -2.34. The SMILES string of the molecule is COc1ccc(N2C(=O)[C@H]3CCC[C@@H]2C3(O)O)cc1. The molecule has 1 heterocycles. The third-order valence-corrected chi connectivity index (χ3v) is 4.17. The zero-order valence-electron chi connectivity index (χ0n) is 10.7. The lowest BCUT2D eigenvalue weighted by Crippen LogP contribution is -2.49. The van der Waals surface area contributed by atoms with Crippen LogP contribution in [-0.2, 0) is 4.79 Å². The van der Waals surface area contributed by atoms with Crippen LogP contribution in [0, 0.1) is 5.92 Å². The Labute approximate surface area is 111 Å². The van der Waals surface area contributed by atoms with Crippen molar-refractivity contribution >= 4 is 11.6 Å². The van der Waals surface area contributed by atoms with Crippen molar-refractivity contribution in [2.75, 3.05) is 12.0 Å². The molecule has 1 saturated heterocycles. The minimum atomic E-state index is -1.91. The number of benzene rings is 1. The molecule has 0 spiro atoms. The van der Waals surface area contributed by atoms with E-state index in [-0.39, 0.29) is 5.91 Å². The molecule has 1 aromatic carbocycles. The van der Waals surface area contributed by atoms with Crippen molar-refractivity contribution in [2.24, 2.45) is 5.92 Å². The minimum Gasteiger partial charge on any atom is -0.497 e. The number of methoxy groups -OCH3 is 1. The maximum atomic E-state index is 12.3. The maximum Gasteiger partial charge on any atom is 0.236 e. The highest BCUT2D eigenvalue weighted by Crippen LogP contribution is 2.45. The van der Waals surface area contributed by atoms with Crippen LogP contribution in [-0.4, -0.2) is 35.1 Å². The lowest BCUT2D eigenvalue weighted by molar-refractivity contribution is -0.205. The van der Waals surface area contributed by atoms with Gasteiger partial charge in [-0.05, 0) is 37.1 Å². The van der Waals surface area contributed by atoms with E-state index in [1.807, 2.05) is 0 Å². The summed E-state index contributed by atoms with van der Waals surface area (Å²) in [6.45, 7) is 0.